The van der Waals surface area contributed by atoms with E-state index in [0.717, 1.165) is 28.2 Å². The lowest BCUT2D eigenvalue weighted by molar-refractivity contribution is 1.28. The van der Waals surface area contributed by atoms with Gasteiger partial charge in [-0.3, -0.25) is 0 Å². The molecule has 0 aliphatic carbocycles. The lowest BCUT2D eigenvalue weighted by Crippen LogP contribution is -2.11. The van der Waals surface area contributed by atoms with E-state index in [-0.39, 0.29) is 0 Å². The molecule has 0 aromatic heterocycles. The first-order chi connectivity index (χ1) is 22.3. The molecule has 0 atom stereocenters. The van der Waals surface area contributed by atoms with Crippen LogP contribution >= 0.6 is 0 Å². The predicted octanol–water partition coefficient (Wildman–Crippen LogP) is 12.3. The Kier molecular flexibility index (Phi) is 9.72. The molecule has 0 bridgehead atoms. The summed E-state index contributed by atoms with van der Waals surface area (Å²) in [4.78, 5) is 2.34. The van der Waals surface area contributed by atoms with Gasteiger partial charge >= 0.3 is 0 Å². The van der Waals surface area contributed by atoms with E-state index >= 15 is 0 Å². The van der Waals surface area contributed by atoms with Crippen LogP contribution in [0.3, 0.4) is 0 Å². The second kappa shape index (κ2) is 15.0. The topological polar surface area (TPSA) is 3.24 Å². The maximum atomic E-state index is 2.34. The molecule has 0 saturated carbocycles. The van der Waals surface area contributed by atoms with Crippen LogP contribution in [0.1, 0.15) is 22.3 Å². The van der Waals surface area contributed by atoms with Gasteiger partial charge in [0, 0.05) is 16.9 Å². The second-order valence-electron chi connectivity index (χ2n) is 10.7. The van der Waals surface area contributed by atoms with Crippen LogP contribution in [-0.4, -0.2) is 0 Å². The smallest absolute Gasteiger partial charge is 0.0540 e. The van der Waals surface area contributed by atoms with E-state index in [1.807, 2.05) is 12.1 Å². The van der Waals surface area contributed by atoms with E-state index in [9.17, 15) is 0 Å². The van der Waals surface area contributed by atoms with Crippen LogP contribution in [0.15, 0.2) is 188 Å². The van der Waals surface area contributed by atoms with Crippen LogP contribution in [0.5, 0.6) is 0 Å². The summed E-state index contributed by atoms with van der Waals surface area (Å²) in [7, 11) is 0. The zero-order chi connectivity index (χ0) is 30.5. The Balaban J connectivity index is 1.29. The van der Waals surface area contributed by atoms with E-state index in [0.29, 0.717) is 0 Å². The van der Waals surface area contributed by atoms with Gasteiger partial charge in [-0.25, -0.2) is 0 Å². The van der Waals surface area contributed by atoms with E-state index in [1.165, 1.54) is 22.3 Å². The number of hydrogen-bond donors (Lipinski definition) is 0. The van der Waals surface area contributed by atoms with E-state index in [4.69, 9.17) is 0 Å². The molecule has 1 heteroatoms. The molecule has 0 spiro atoms. The van der Waals surface area contributed by atoms with Gasteiger partial charge in [-0.1, -0.05) is 182 Å². The van der Waals surface area contributed by atoms with Crippen molar-refractivity contribution < 1.29 is 0 Å². The summed E-state index contributed by atoms with van der Waals surface area (Å²) in [5.41, 5.74) is 10.4. The first-order valence-corrected chi connectivity index (χ1v) is 15.3. The van der Waals surface area contributed by atoms with Crippen molar-refractivity contribution >= 4 is 41.4 Å². The fourth-order valence-electron chi connectivity index (χ4n) is 5.22. The van der Waals surface area contributed by atoms with Gasteiger partial charge in [0.2, 0.25) is 0 Å². The van der Waals surface area contributed by atoms with Crippen molar-refractivity contribution in [3.8, 4) is 11.1 Å². The van der Waals surface area contributed by atoms with Crippen LogP contribution in [-0.2, 0) is 0 Å². The predicted molar refractivity (Wildman–Crippen MR) is 196 cm³/mol. The van der Waals surface area contributed by atoms with E-state index in [2.05, 4.69) is 205 Å². The number of anilines is 3. The maximum absolute atomic E-state index is 2.34. The Hall–Kier alpha value is -5.92. The first-order valence-electron chi connectivity index (χ1n) is 15.3. The van der Waals surface area contributed by atoms with Crippen molar-refractivity contribution in [1.82, 2.24) is 0 Å². The third-order valence-electron chi connectivity index (χ3n) is 7.51. The molecule has 0 amide bonds. The number of benzene rings is 6. The number of para-hydroxylation sites is 1. The number of nitrogens with zero attached hydrogens (tertiary/aromatic N) is 1. The van der Waals surface area contributed by atoms with Gasteiger partial charge in [-0.05, 0) is 58.1 Å². The highest BCUT2D eigenvalue weighted by molar-refractivity contribution is 5.88. The average molecular weight is 578 g/mol. The monoisotopic (exact) mass is 577 g/mol. The van der Waals surface area contributed by atoms with E-state index < -0.39 is 0 Å². The van der Waals surface area contributed by atoms with Crippen molar-refractivity contribution in [1.29, 1.82) is 0 Å². The third kappa shape index (κ3) is 7.93. The molecule has 216 valence electrons. The Morgan fingerprint density at radius 1 is 0.311 bits per heavy atom. The molecule has 6 aromatic carbocycles. The molecule has 6 aromatic rings. The van der Waals surface area contributed by atoms with E-state index in [1.54, 1.807) is 0 Å². The molecule has 0 aliphatic heterocycles. The molecular formula is C44H35N. The minimum Gasteiger partial charge on any atom is -0.310 e. The molecule has 0 saturated heterocycles. The molecule has 0 N–H and O–H groups in total. The van der Waals surface area contributed by atoms with Crippen molar-refractivity contribution in [2.45, 2.75) is 0 Å². The van der Waals surface area contributed by atoms with Crippen molar-refractivity contribution in [2.24, 2.45) is 0 Å². The molecule has 0 fully saturated rings. The minimum absolute atomic E-state index is 1.10. The Labute approximate surface area is 267 Å². The lowest BCUT2D eigenvalue weighted by atomic mass is 10.0. The number of hydrogen-bond acceptors (Lipinski definition) is 1. The number of rotatable bonds is 10. The zero-order valence-corrected chi connectivity index (χ0v) is 25.2. The molecule has 0 heterocycles. The summed E-state index contributed by atoms with van der Waals surface area (Å²) < 4.78 is 0. The molecular weight excluding hydrogens is 542 g/mol. The minimum atomic E-state index is 1.10. The SMILES string of the molecule is C(C=Cc1ccc(N(c2ccc(C=CC=Cc3ccccc3)cc2)c2ccccc2-c2ccccc2)cc1)=Cc1ccccc1. The fraction of sp³-hybridized carbons (Fsp3) is 0. The summed E-state index contributed by atoms with van der Waals surface area (Å²) in [6.45, 7) is 0. The standard InChI is InChI=1S/C44H35N/c1-4-16-36(17-5-1)20-10-12-22-38-28-32-41(33-29-38)45(44-27-15-14-26-43(44)40-24-8-3-9-25-40)42-34-30-39(31-35-42)23-13-11-21-37-18-6-2-7-19-37/h1-35H. The summed E-state index contributed by atoms with van der Waals surface area (Å²) in [6.07, 6.45) is 16.9. The van der Waals surface area contributed by atoms with Crippen LogP contribution < -0.4 is 4.90 Å². The Morgan fingerprint density at radius 3 is 1.11 bits per heavy atom. The molecule has 1 nitrogen and oxygen atoms in total. The molecule has 6 rings (SSSR count). The molecule has 45 heavy (non-hydrogen) atoms. The Morgan fingerprint density at radius 2 is 0.667 bits per heavy atom. The third-order valence-corrected chi connectivity index (χ3v) is 7.51. The van der Waals surface area contributed by atoms with Crippen LogP contribution in [0.2, 0.25) is 0 Å². The first kappa shape index (κ1) is 29.2. The van der Waals surface area contributed by atoms with Crippen molar-refractivity contribution in [3.63, 3.8) is 0 Å². The van der Waals surface area contributed by atoms with Crippen molar-refractivity contribution in [3.05, 3.63) is 210 Å². The van der Waals surface area contributed by atoms with Gasteiger partial charge in [0.25, 0.3) is 0 Å². The van der Waals surface area contributed by atoms with Crippen LogP contribution in [0, 0.1) is 0 Å². The zero-order valence-electron chi connectivity index (χ0n) is 25.2. The highest BCUT2D eigenvalue weighted by atomic mass is 15.1. The second-order valence-corrected chi connectivity index (χ2v) is 10.7. The highest BCUT2D eigenvalue weighted by Gasteiger charge is 2.16. The maximum Gasteiger partial charge on any atom is 0.0540 e. The summed E-state index contributed by atoms with van der Waals surface area (Å²) >= 11 is 0. The highest BCUT2D eigenvalue weighted by Crippen LogP contribution is 2.40. The normalized spacial score (nSPS) is 11.6. The Bertz CT molecular complexity index is 1790. The quantitative estimate of drug-likeness (QED) is 0.146. The molecule has 0 unspecified atom stereocenters. The van der Waals surface area contributed by atoms with Gasteiger partial charge in [0.1, 0.15) is 0 Å². The van der Waals surface area contributed by atoms with Gasteiger partial charge in [-0.15, -0.1) is 0 Å². The summed E-state index contributed by atoms with van der Waals surface area (Å²) in [5.74, 6) is 0. The average Bonchev–Trinajstić information content (AvgIpc) is 3.11. The summed E-state index contributed by atoms with van der Waals surface area (Å²) in [5, 5.41) is 0. The van der Waals surface area contributed by atoms with Crippen LogP contribution in [0.25, 0.3) is 35.4 Å². The van der Waals surface area contributed by atoms with Crippen LogP contribution in [0.4, 0.5) is 17.1 Å². The van der Waals surface area contributed by atoms with Crippen molar-refractivity contribution in [2.75, 3.05) is 4.90 Å². The molecule has 0 aliphatic rings. The van der Waals surface area contributed by atoms with Gasteiger partial charge in [0.05, 0.1) is 5.69 Å². The summed E-state index contributed by atoms with van der Waals surface area (Å²) in [6, 6.07) is 57.4. The fourth-order valence-corrected chi connectivity index (χ4v) is 5.22. The number of allylic oxidation sites excluding steroid dienone is 4. The van der Waals surface area contributed by atoms with Gasteiger partial charge in [0.15, 0.2) is 0 Å². The largest absolute Gasteiger partial charge is 0.310 e. The lowest BCUT2D eigenvalue weighted by Gasteiger charge is -2.28. The van der Waals surface area contributed by atoms with Gasteiger partial charge < -0.3 is 4.90 Å². The van der Waals surface area contributed by atoms with Gasteiger partial charge in [-0.2, -0.15) is 0 Å². The molecule has 0 radical (unpaired) electrons.